The highest BCUT2D eigenvalue weighted by Crippen LogP contribution is 2.19. The molecule has 0 spiro atoms. The smallest absolute Gasteiger partial charge is 0.306 e. The number of anilines is 1. The van der Waals surface area contributed by atoms with E-state index in [-0.39, 0.29) is 5.91 Å². The third-order valence-electron chi connectivity index (χ3n) is 3.01. The average molecular weight is 248 g/mol. The molecule has 0 bridgehead atoms. The van der Waals surface area contributed by atoms with Gasteiger partial charge in [0.05, 0.1) is 11.6 Å². The van der Waals surface area contributed by atoms with Crippen LogP contribution in [0.5, 0.6) is 0 Å². The van der Waals surface area contributed by atoms with Crippen molar-refractivity contribution in [3.05, 3.63) is 29.8 Å². The van der Waals surface area contributed by atoms with Gasteiger partial charge in [-0.05, 0) is 24.1 Å². The number of nitrogens with one attached hydrogen (secondary N) is 1. The maximum absolute atomic E-state index is 11.1. The van der Waals surface area contributed by atoms with Crippen LogP contribution in [-0.2, 0) is 16.0 Å². The predicted molar refractivity (Wildman–Crippen MR) is 67.1 cm³/mol. The lowest BCUT2D eigenvalue weighted by Crippen LogP contribution is -2.32. The SMILES string of the molecule is CC(Cc1cccc(N2CCC(=O)N2)c1)C(=O)O. The average Bonchev–Trinajstić information content (AvgIpc) is 2.76. The zero-order valence-corrected chi connectivity index (χ0v) is 10.2. The quantitative estimate of drug-likeness (QED) is 0.839. The highest BCUT2D eigenvalue weighted by Gasteiger charge is 2.19. The number of amides is 1. The summed E-state index contributed by atoms with van der Waals surface area (Å²) < 4.78 is 0. The van der Waals surface area contributed by atoms with Gasteiger partial charge in [-0.25, -0.2) is 0 Å². The first kappa shape index (κ1) is 12.4. The molecule has 5 nitrogen and oxygen atoms in total. The Bertz CT molecular complexity index is 473. The number of carboxylic acids is 1. The lowest BCUT2D eigenvalue weighted by molar-refractivity contribution is -0.141. The number of hydrogen-bond donors (Lipinski definition) is 2. The molecule has 96 valence electrons. The summed E-state index contributed by atoms with van der Waals surface area (Å²) in [6, 6.07) is 7.61. The van der Waals surface area contributed by atoms with Gasteiger partial charge in [-0.2, -0.15) is 0 Å². The van der Waals surface area contributed by atoms with Gasteiger partial charge in [-0.15, -0.1) is 0 Å². The van der Waals surface area contributed by atoms with Gasteiger partial charge in [-0.1, -0.05) is 19.1 Å². The monoisotopic (exact) mass is 248 g/mol. The van der Waals surface area contributed by atoms with E-state index in [4.69, 9.17) is 5.11 Å². The summed E-state index contributed by atoms with van der Waals surface area (Å²) in [4.78, 5) is 22.0. The van der Waals surface area contributed by atoms with Crippen molar-refractivity contribution in [3.63, 3.8) is 0 Å². The third-order valence-corrected chi connectivity index (χ3v) is 3.01. The van der Waals surface area contributed by atoms with Crippen LogP contribution in [0.4, 0.5) is 5.69 Å². The highest BCUT2D eigenvalue weighted by molar-refractivity contribution is 5.81. The Morgan fingerprint density at radius 1 is 1.56 bits per heavy atom. The van der Waals surface area contributed by atoms with Crippen molar-refractivity contribution < 1.29 is 14.7 Å². The molecule has 2 N–H and O–H groups in total. The van der Waals surface area contributed by atoms with Crippen LogP contribution in [0, 0.1) is 5.92 Å². The Balaban J connectivity index is 2.10. The van der Waals surface area contributed by atoms with Crippen LogP contribution in [0.3, 0.4) is 0 Å². The van der Waals surface area contributed by atoms with Gasteiger partial charge in [0.25, 0.3) is 0 Å². The van der Waals surface area contributed by atoms with Crippen molar-refractivity contribution in [3.8, 4) is 0 Å². The van der Waals surface area contributed by atoms with Crippen molar-refractivity contribution in [2.75, 3.05) is 11.6 Å². The molecule has 1 aromatic rings. The van der Waals surface area contributed by atoms with Gasteiger partial charge < -0.3 is 5.11 Å². The Hall–Kier alpha value is -2.04. The number of aliphatic carboxylic acids is 1. The molecular formula is C13H16N2O3. The summed E-state index contributed by atoms with van der Waals surface area (Å²) in [5.41, 5.74) is 4.61. The molecule has 2 rings (SSSR count). The van der Waals surface area contributed by atoms with Crippen LogP contribution in [0.25, 0.3) is 0 Å². The summed E-state index contributed by atoms with van der Waals surface area (Å²) in [5.74, 6) is -1.19. The summed E-state index contributed by atoms with van der Waals surface area (Å²) in [6.45, 7) is 2.34. The molecule has 1 amide bonds. The Morgan fingerprint density at radius 3 is 2.94 bits per heavy atom. The molecular weight excluding hydrogens is 232 g/mol. The molecule has 18 heavy (non-hydrogen) atoms. The minimum absolute atomic E-state index is 0.0132. The summed E-state index contributed by atoms with van der Waals surface area (Å²) in [7, 11) is 0. The van der Waals surface area contributed by atoms with Gasteiger partial charge in [-0.3, -0.25) is 20.0 Å². The largest absolute Gasteiger partial charge is 0.481 e. The molecule has 1 aliphatic heterocycles. The van der Waals surface area contributed by atoms with Crippen LogP contribution < -0.4 is 10.4 Å². The Kier molecular flexibility index (Phi) is 3.50. The first-order valence-corrected chi connectivity index (χ1v) is 5.95. The Labute approximate surface area is 105 Å². The third kappa shape index (κ3) is 2.80. The van der Waals surface area contributed by atoms with E-state index < -0.39 is 11.9 Å². The molecule has 1 unspecified atom stereocenters. The molecule has 0 saturated carbocycles. The van der Waals surface area contributed by atoms with Crippen molar-refractivity contribution in [2.45, 2.75) is 19.8 Å². The van der Waals surface area contributed by atoms with E-state index in [1.54, 1.807) is 11.9 Å². The molecule has 1 atom stereocenters. The van der Waals surface area contributed by atoms with Gasteiger partial charge >= 0.3 is 5.97 Å². The number of hydrogen-bond acceptors (Lipinski definition) is 3. The van der Waals surface area contributed by atoms with E-state index >= 15 is 0 Å². The highest BCUT2D eigenvalue weighted by atomic mass is 16.4. The summed E-state index contributed by atoms with van der Waals surface area (Å²) >= 11 is 0. The molecule has 1 saturated heterocycles. The molecule has 1 aliphatic rings. The van der Waals surface area contributed by atoms with Crippen LogP contribution in [0.2, 0.25) is 0 Å². The molecule has 1 fully saturated rings. The lowest BCUT2D eigenvalue weighted by Gasteiger charge is -2.18. The maximum Gasteiger partial charge on any atom is 0.306 e. The first-order chi connectivity index (χ1) is 8.56. The van der Waals surface area contributed by atoms with Crippen LogP contribution in [-0.4, -0.2) is 23.5 Å². The first-order valence-electron chi connectivity index (χ1n) is 5.95. The minimum atomic E-state index is -0.796. The Morgan fingerprint density at radius 2 is 2.33 bits per heavy atom. The van der Waals surface area contributed by atoms with E-state index in [1.807, 2.05) is 24.3 Å². The second-order valence-electron chi connectivity index (χ2n) is 4.55. The molecule has 0 radical (unpaired) electrons. The number of benzene rings is 1. The van der Waals surface area contributed by atoms with Crippen LogP contribution in [0.15, 0.2) is 24.3 Å². The second kappa shape index (κ2) is 5.08. The maximum atomic E-state index is 11.1. The molecule has 5 heteroatoms. The van der Waals surface area contributed by atoms with Crippen molar-refractivity contribution in [1.29, 1.82) is 0 Å². The number of carbonyl (C=O) groups is 2. The summed E-state index contributed by atoms with van der Waals surface area (Å²) in [6.07, 6.45) is 0.987. The molecule has 0 aromatic heterocycles. The van der Waals surface area contributed by atoms with Gasteiger partial charge in [0.1, 0.15) is 0 Å². The summed E-state index contributed by atoms with van der Waals surface area (Å²) in [5, 5.41) is 10.7. The molecule has 1 heterocycles. The van der Waals surface area contributed by atoms with E-state index in [0.29, 0.717) is 19.4 Å². The second-order valence-corrected chi connectivity index (χ2v) is 4.55. The van der Waals surface area contributed by atoms with Crippen molar-refractivity contribution >= 4 is 17.6 Å². The fourth-order valence-corrected chi connectivity index (χ4v) is 1.96. The molecule has 1 aromatic carbocycles. The van der Waals surface area contributed by atoms with Gasteiger partial charge in [0.15, 0.2) is 0 Å². The van der Waals surface area contributed by atoms with E-state index in [1.165, 1.54) is 0 Å². The van der Waals surface area contributed by atoms with Crippen molar-refractivity contribution in [2.24, 2.45) is 5.92 Å². The number of hydrazine groups is 1. The normalized spacial score (nSPS) is 16.5. The van der Waals surface area contributed by atoms with Crippen LogP contribution >= 0.6 is 0 Å². The zero-order valence-electron chi connectivity index (χ0n) is 10.2. The number of nitrogens with zero attached hydrogens (tertiary/aromatic N) is 1. The topological polar surface area (TPSA) is 69.6 Å². The van der Waals surface area contributed by atoms with Gasteiger partial charge in [0.2, 0.25) is 5.91 Å². The number of carbonyl (C=O) groups excluding carboxylic acids is 1. The minimum Gasteiger partial charge on any atom is -0.481 e. The fourth-order valence-electron chi connectivity index (χ4n) is 1.96. The van der Waals surface area contributed by atoms with E-state index in [0.717, 1.165) is 11.3 Å². The number of carboxylic acid groups (broad SMARTS) is 1. The predicted octanol–water partition coefficient (Wildman–Crippen LogP) is 1.19. The van der Waals surface area contributed by atoms with Crippen molar-refractivity contribution in [1.82, 2.24) is 5.43 Å². The number of rotatable bonds is 4. The van der Waals surface area contributed by atoms with E-state index in [2.05, 4.69) is 5.43 Å². The zero-order chi connectivity index (χ0) is 13.1. The van der Waals surface area contributed by atoms with E-state index in [9.17, 15) is 9.59 Å². The molecule has 0 aliphatic carbocycles. The van der Waals surface area contributed by atoms with Crippen LogP contribution in [0.1, 0.15) is 18.9 Å². The van der Waals surface area contributed by atoms with Gasteiger partial charge in [0, 0.05) is 13.0 Å². The lowest BCUT2D eigenvalue weighted by atomic mass is 10.0. The fraction of sp³-hybridized carbons (Fsp3) is 0.385. The standard InChI is InChI=1S/C13H16N2O3/c1-9(13(17)18)7-10-3-2-4-11(8-10)15-6-5-12(16)14-15/h2-4,8-9H,5-7H2,1H3,(H,14,16)(H,17,18).